The Balaban J connectivity index is 2.18. The molecule has 0 bridgehead atoms. The van der Waals surface area contributed by atoms with Crippen LogP contribution in [0, 0.1) is 0 Å². The Morgan fingerprint density at radius 3 is 3.00 bits per heavy atom. The molecule has 2 heterocycles. The lowest BCUT2D eigenvalue weighted by molar-refractivity contribution is -0.0163. The van der Waals surface area contributed by atoms with Crippen molar-refractivity contribution in [2.75, 3.05) is 30.8 Å². The van der Waals surface area contributed by atoms with Gasteiger partial charge in [-0.1, -0.05) is 0 Å². The summed E-state index contributed by atoms with van der Waals surface area (Å²) in [7, 11) is 0. The first-order chi connectivity index (χ1) is 9.65. The summed E-state index contributed by atoms with van der Waals surface area (Å²) < 4.78 is 6.92. The second kappa shape index (κ2) is 6.46. The molecule has 0 amide bonds. The molecule has 9 nitrogen and oxygen atoms in total. The summed E-state index contributed by atoms with van der Waals surface area (Å²) in [5.74, 6) is 0.717. The van der Waals surface area contributed by atoms with Crippen molar-refractivity contribution in [1.82, 2.24) is 19.5 Å². The Morgan fingerprint density at radius 1 is 1.50 bits per heavy atom. The Labute approximate surface area is 115 Å². The quantitative estimate of drug-likeness (QED) is 0.517. The molecule has 0 spiro atoms. The Hall–Kier alpha value is -1.97. The number of ether oxygens (including phenoxy) is 1. The highest BCUT2D eigenvalue weighted by Crippen LogP contribution is 2.19. The van der Waals surface area contributed by atoms with Crippen molar-refractivity contribution in [3.8, 4) is 0 Å². The van der Waals surface area contributed by atoms with Crippen LogP contribution in [-0.2, 0) is 11.5 Å². The van der Waals surface area contributed by atoms with Crippen molar-refractivity contribution in [2.24, 2.45) is 0 Å². The predicted octanol–water partition coefficient (Wildman–Crippen LogP) is -0.832. The van der Waals surface area contributed by atoms with Crippen LogP contribution in [0.1, 0.15) is 6.92 Å². The van der Waals surface area contributed by atoms with Crippen molar-refractivity contribution in [3.63, 3.8) is 0 Å². The number of nitrogens with one attached hydrogen (secondary N) is 1. The average Bonchev–Trinajstić information content (AvgIpc) is 2.82. The highest BCUT2D eigenvalue weighted by atomic mass is 16.5. The molecule has 0 aliphatic rings. The Bertz CT molecular complexity index is 573. The molecule has 1 unspecified atom stereocenters. The molecule has 0 saturated heterocycles. The van der Waals surface area contributed by atoms with Crippen molar-refractivity contribution >= 4 is 22.9 Å². The first kappa shape index (κ1) is 14.4. The molecule has 0 aliphatic heterocycles. The predicted molar refractivity (Wildman–Crippen MR) is 72.9 cm³/mol. The molecule has 5 N–H and O–H groups in total. The van der Waals surface area contributed by atoms with Gasteiger partial charge >= 0.3 is 0 Å². The largest absolute Gasteiger partial charge is 0.394 e. The minimum absolute atomic E-state index is 0.0246. The summed E-state index contributed by atoms with van der Waals surface area (Å²) in [6.07, 6.45) is 0.659. The van der Waals surface area contributed by atoms with E-state index in [4.69, 9.17) is 15.6 Å². The summed E-state index contributed by atoms with van der Waals surface area (Å²) in [5.41, 5.74) is 6.82. The van der Waals surface area contributed by atoms with Crippen LogP contribution in [0.15, 0.2) is 6.33 Å². The lowest BCUT2D eigenvalue weighted by atomic mass is 10.4. The van der Waals surface area contributed by atoms with Crippen LogP contribution in [0.2, 0.25) is 0 Å². The topological polar surface area (TPSA) is 131 Å². The van der Waals surface area contributed by atoms with Gasteiger partial charge in [0.1, 0.15) is 12.8 Å². The molecule has 0 aromatic carbocycles. The van der Waals surface area contributed by atoms with E-state index in [0.29, 0.717) is 23.5 Å². The van der Waals surface area contributed by atoms with Crippen molar-refractivity contribution in [1.29, 1.82) is 0 Å². The molecule has 2 aromatic heterocycles. The molecule has 2 rings (SSSR count). The van der Waals surface area contributed by atoms with Gasteiger partial charge in [-0.2, -0.15) is 9.97 Å². The number of hydrogen-bond acceptors (Lipinski definition) is 8. The van der Waals surface area contributed by atoms with E-state index in [1.54, 1.807) is 10.9 Å². The van der Waals surface area contributed by atoms with Gasteiger partial charge in [-0.3, -0.25) is 4.57 Å². The SMILES string of the molecule is CCNc1nc(N)nc2c1ncn2COCC(O)CO. The maximum atomic E-state index is 9.20. The summed E-state index contributed by atoms with van der Waals surface area (Å²) in [6.45, 7) is 2.47. The lowest BCUT2D eigenvalue weighted by Gasteiger charge is -2.09. The Morgan fingerprint density at radius 2 is 2.30 bits per heavy atom. The van der Waals surface area contributed by atoms with Gasteiger partial charge in [0.25, 0.3) is 0 Å². The molecule has 2 aromatic rings. The minimum atomic E-state index is -0.901. The summed E-state index contributed by atoms with van der Waals surface area (Å²) >= 11 is 0. The van der Waals surface area contributed by atoms with E-state index in [1.165, 1.54) is 0 Å². The van der Waals surface area contributed by atoms with Crippen molar-refractivity contribution < 1.29 is 14.9 Å². The van der Waals surface area contributed by atoms with E-state index in [1.807, 2.05) is 6.92 Å². The normalized spacial score (nSPS) is 12.8. The Kier molecular flexibility index (Phi) is 4.66. The zero-order valence-electron chi connectivity index (χ0n) is 11.2. The van der Waals surface area contributed by atoms with Crippen LogP contribution >= 0.6 is 0 Å². The van der Waals surface area contributed by atoms with Gasteiger partial charge in [0.15, 0.2) is 17.0 Å². The van der Waals surface area contributed by atoms with Crippen LogP contribution < -0.4 is 11.1 Å². The molecule has 9 heteroatoms. The number of imidazole rings is 1. The molecular weight excluding hydrogens is 264 g/mol. The van der Waals surface area contributed by atoms with Crippen LogP contribution in [0.4, 0.5) is 11.8 Å². The van der Waals surface area contributed by atoms with E-state index in [-0.39, 0.29) is 25.9 Å². The number of hydrogen-bond donors (Lipinski definition) is 4. The fourth-order valence-electron chi connectivity index (χ4n) is 1.69. The standard InChI is InChI=1S/C11H18N6O3/c1-2-13-9-8-10(16-11(12)15-9)17(5-14-8)6-20-4-7(19)3-18/h5,7,18-19H,2-4,6H2,1H3,(H3,12,13,15,16). The second-order valence-corrected chi connectivity index (χ2v) is 4.18. The van der Waals surface area contributed by atoms with E-state index < -0.39 is 6.10 Å². The number of aliphatic hydroxyl groups excluding tert-OH is 2. The van der Waals surface area contributed by atoms with Gasteiger partial charge in [-0.25, -0.2) is 4.98 Å². The zero-order valence-corrected chi connectivity index (χ0v) is 11.2. The van der Waals surface area contributed by atoms with Gasteiger partial charge in [0.2, 0.25) is 5.95 Å². The average molecular weight is 282 g/mol. The molecule has 0 aliphatic carbocycles. The van der Waals surface area contributed by atoms with E-state index in [9.17, 15) is 5.11 Å². The minimum Gasteiger partial charge on any atom is -0.394 e. The van der Waals surface area contributed by atoms with E-state index in [2.05, 4.69) is 20.3 Å². The number of nitrogen functional groups attached to an aromatic ring is 1. The van der Waals surface area contributed by atoms with Gasteiger partial charge in [-0.15, -0.1) is 0 Å². The fourth-order valence-corrected chi connectivity index (χ4v) is 1.69. The third kappa shape index (κ3) is 3.13. The maximum absolute atomic E-state index is 9.20. The lowest BCUT2D eigenvalue weighted by Crippen LogP contribution is -2.20. The number of anilines is 2. The van der Waals surface area contributed by atoms with Gasteiger partial charge in [0.05, 0.1) is 19.5 Å². The number of aromatic nitrogens is 4. The smallest absolute Gasteiger partial charge is 0.224 e. The fraction of sp³-hybridized carbons (Fsp3) is 0.545. The van der Waals surface area contributed by atoms with Gasteiger partial charge in [-0.05, 0) is 6.92 Å². The number of rotatable bonds is 7. The van der Waals surface area contributed by atoms with E-state index >= 15 is 0 Å². The second-order valence-electron chi connectivity index (χ2n) is 4.18. The molecule has 0 radical (unpaired) electrons. The molecule has 0 fully saturated rings. The number of aliphatic hydroxyl groups is 2. The molecule has 20 heavy (non-hydrogen) atoms. The van der Waals surface area contributed by atoms with Crippen LogP contribution in [0.5, 0.6) is 0 Å². The molecular formula is C11H18N6O3. The molecule has 0 saturated carbocycles. The summed E-state index contributed by atoms with van der Waals surface area (Å²) in [6, 6.07) is 0. The third-order valence-corrected chi connectivity index (χ3v) is 2.58. The van der Waals surface area contributed by atoms with Gasteiger partial charge in [0, 0.05) is 6.54 Å². The molecule has 110 valence electrons. The summed E-state index contributed by atoms with van der Waals surface area (Å²) in [4.78, 5) is 12.4. The maximum Gasteiger partial charge on any atom is 0.224 e. The number of nitrogens with zero attached hydrogens (tertiary/aromatic N) is 4. The van der Waals surface area contributed by atoms with Crippen LogP contribution in [0.25, 0.3) is 11.2 Å². The number of nitrogens with two attached hydrogens (primary N) is 1. The number of fused-ring (bicyclic) bond motifs is 1. The third-order valence-electron chi connectivity index (χ3n) is 2.58. The monoisotopic (exact) mass is 282 g/mol. The highest BCUT2D eigenvalue weighted by Gasteiger charge is 2.12. The first-order valence-corrected chi connectivity index (χ1v) is 6.24. The highest BCUT2D eigenvalue weighted by molar-refractivity contribution is 5.84. The van der Waals surface area contributed by atoms with Crippen LogP contribution in [0.3, 0.4) is 0 Å². The summed E-state index contributed by atoms with van der Waals surface area (Å²) in [5, 5.41) is 21.0. The zero-order chi connectivity index (χ0) is 14.5. The first-order valence-electron chi connectivity index (χ1n) is 6.24. The molecule has 1 atom stereocenters. The van der Waals surface area contributed by atoms with Crippen molar-refractivity contribution in [3.05, 3.63) is 6.33 Å². The van der Waals surface area contributed by atoms with Crippen molar-refractivity contribution in [2.45, 2.75) is 19.8 Å². The van der Waals surface area contributed by atoms with Crippen LogP contribution in [-0.4, -0.2) is 55.6 Å². The van der Waals surface area contributed by atoms with E-state index in [0.717, 1.165) is 0 Å². The van der Waals surface area contributed by atoms with Gasteiger partial charge < -0.3 is 26.0 Å².